The second-order valence-corrected chi connectivity index (χ2v) is 4.31. The summed E-state index contributed by atoms with van der Waals surface area (Å²) in [4.78, 5) is 27.0. The van der Waals surface area contributed by atoms with Crippen molar-refractivity contribution in [1.29, 1.82) is 0 Å². The molecule has 0 amide bonds. The van der Waals surface area contributed by atoms with Crippen molar-refractivity contribution in [3.05, 3.63) is 58.0 Å². The first-order valence-corrected chi connectivity index (χ1v) is 5.77. The summed E-state index contributed by atoms with van der Waals surface area (Å²) < 4.78 is 13.7. The molecule has 1 aromatic carbocycles. The molecule has 0 unspecified atom stereocenters. The Morgan fingerprint density at radius 3 is 2.55 bits per heavy atom. The Hall–Kier alpha value is -2.47. The van der Waals surface area contributed by atoms with E-state index in [0.29, 0.717) is 0 Å². The minimum absolute atomic E-state index is 0.131. The molecule has 3 N–H and O–H groups in total. The Bertz CT molecular complexity index is 719. The topological polar surface area (TPSA) is 93.3 Å². The van der Waals surface area contributed by atoms with Crippen molar-refractivity contribution in [2.45, 2.75) is 0 Å². The van der Waals surface area contributed by atoms with Gasteiger partial charge in [-0.05, 0) is 24.3 Å². The highest BCUT2D eigenvalue weighted by Gasteiger charge is 2.23. The maximum atomic E-state index is 13.7. The van der Waals surface area contributed by atoms with Crippen LogP contribution in [0.3, 0.4) is 0 Å². The standard InChI is InChI=1S/C13H8ClFN2O3/c14-6-1-2-7(9(15)5-6)11(18)8-3-4-17-12(16)10(8)13(19)20/h1-5H,(H2,16,17)(H,19,20). The number of carbonyl (C=O) groups is 2. The van der Waals surface area contributed by atoms with Crippen LogP contribution in [0.4, 0.5) is 10.2 Å². The van der Waals surface area contributed by atoms with Crippen LogP contribution in [0.15, 0.2) is 30.5 Å². The quantitative estimate of drug-likeness (QED) is 0.848. The van der Waals surface area contributed by atoms with Crippen LogP contribution in [0.25, 0.3) is 0 Å². The van der Waals surface area contributed by atoms with Crippen molar-refractivity contribution >= 4 is 29.2 Å². The number of anilines is 1. The van der Waals surface area contributed by atoms with E-state index in [2.05, 4.69) is 4.98 Å². The largest absolute Gasteiger partial charge is 0.478 e. The molecule has 1 heterocycles. The molecule has 1 aromatic heterocycles. The molecule has 0 saturated heterocycles. The van der Waals surface area contributed by atoms with Crippen LogP contribution < -0.4 is 5.73 Å². The molecule has 2 aromatic rings. The maximum absolute atomic E-state index is 13.7. The lowest BCUT2D eigenvalue weighted by molar-refractivity contribution is 0.0693. The van der Waals surface area contributed by atoms with Gasteiger partial charge in [-0.15, -0.1) is 0 Å². The van der Waals surface area contributed by atoms with Crippen molar-refractivity contribution in [3.63, 3.8) is 0 Å². The van der Waals surface area contributed by atoms with Gasteiger partial charge < -0.3 is 10.8 Å². The Balaban J connectivity index is 2.60. The Labute approximate surface area is 117 Å². The molecular weight excluding hydrogens is 287 g/mol. The summed E-state index contributed by atoms with van der Waals surface area (Å²) in [5.74, 6) is -3.36. The fourth-order valence-corrected chi connectivity index (χ4v) is 1.87. The molecule has 2 rings (SSSR count). The minimum Gasteiger partial charge on any atom is -0.478 e. The molecule has 0 bridgehead atoms. The van der Waals surface area contributed by atoms with Crippen LogP contribution in [0.2, 0.25) is 5.02 Å². The zero-order valence-electron chi connectivity index (χ0n) is 9.93. The van der Waals surface area contributed by atoms with Crippen LogP contribution in [0.5, 0.6) is 0 Å². The van der Waals surface area contributed by atoms with E-state index < -0.39 is 23.1 Å². The van der Waals surface area contributed by atoms with Gasteiger partial charge in [0.2, 0.25) is 0 Å². The Kier molecular flexibility index (Phi) is 3.67. The lowest BCUT2D eigenvalue weighted by Gasteiger charge is -2.08. The van der Waals surface area contributed by atoms with Gasteiger partial charge >= 0.3 is 5.97 Å². The average molecular weight is 295 g/mol. The van der Waals surface area contributed by atoms with Gasteiger partial charge in [0.1, 0.15) is 17.2 Å². The number of ketones is 1. The molecule has 0 saturated carbocycles. The predicted octanol–water partition coefficient (Wildman–Crippen LogP) is 2.39. The summed E-state index contributed by atoms with van der Waals surface area (Å²) in [5.41, 5.74) is 4.47. The van der Waals surface area contributed by atoms with E-state index in [0.717, 1.165) is 6.07 Å². The van der Waals surface area contributed by atoms with Crippen LogP contribution in [-0.2, 0) is 0 Å². The Morgan fingerprint density at radius 2 is 1.95 bits per heavy atom. The van der Waals surface area contributed by atoms with Crippen LogP contribution in [0.1, 0.15) is 26.3 Å². The molecule has 7 heteroatoms. The highest BCUT2D eigenvalue weighted by molar-refractivity contribution is 6.30. The molecular formula is C13H8ClFN2O3. The average Bonchev–Trinajstić information content (AvgIpc) is 2.37. The summed E-state index contributed by atoms with van der Waals surface area (Å²) in [6.45, 7) is 0. The summed E-state index contributed by atoms with van der Waals surface area (Å²) in [5, 5.41) is 9.20. The van der Waals surface area contributed by atoms with E-state index >= 15 is 0 Å². The third-order valence-electron chi connectivity index (χ3n) is 2.61. The second-order valence-electron chi connectivity index (χ2n) is 3.88. The van der Waals surface area contributed by atoms with Gasteiger partial charge in [0, 0.05) is 16.8 Å². The molecule has 0 aliphatic rings. The van der Waals surface area contributed by atoms with E-state index in [-0.39, 0.29) is 22.0 Å². The molecule has 0 aliphatic heterocycles. The third kappa shape index (κ3) is 2.46. The number of hydrogen-bond donors (Lipinski definition) is 2. The second kappa shape index (κ2) is 5.26. The number of carboxylic acid groups (broad SMARTS) is 1. The molecule has 0 fully saturated rings. The lowest BCUT2D eigenvalue weighted by atomic mass is 9.99. The predicted molar refractivity (Wildman–Crippen MR) is 70.5 cm³/mol. The molecule has 20 heavy (non-hydrogen) atoms. The van der Waals surface area contributed by atoms with Crippen molar-refractivity contribution in [1.82, 2.24) is 4.98 Å². The number of nitrogens with zero attached hydrogens (tertiary/aromatic N) is 1. The van der Waals surface area contributed by atoms with Gasteiger partial charge in [0.15, 0.2) is 5.78 Å². The number of nitrogens with two attached hydrogens (primary N) is 1. The monoisotopic (exact) mass is 294 g/mol. The van der Waals surface area contributed by atoms with Crippen molar-refractivity contribution in [2.75, 3.05) is 5.73 Å². The van der Waals surface area contributed by atoms with E-state index in [1.54, 1.807) is 0 Å². The minimum atomic E-state index is -1.41. The van der Waals surface area contributed by atoms with Crippen LogP contribution in [0, 0.1) is 5.82 Å². The van der Waals surface area contributed by atoms with Crippen LogP contribution >= 0.6 is 11.6 Å². The zero-order chi connectivity index (χ0) is 14.9. The zero-order valence-corrected chi connectivity index (χ0v) is 10.7. The molecule has 0 atom stereocenters. The van der Waals surface area contributed by atoms with E-state index in [1.165, 1.54) is 24.4 Å². The van der Waals surface area contributed by atoms with Gasteiger partial charge in [-0.1, -0.05) is 11.6 Å². The fraction of sp³-hybridized carbons (Fsp3) is 0. The highest BCUT2D eigenvalue weighted by Crippen LogP contribution is 2.22. The first-order chi connectivity index (χ1) is 9.41. The number of rotatable bonds is 3. The third-order valence-corrected chi connectivity index (χ3v) is 2.85. The van der Waals surface area contributed by atoms with E-state index in [9.17, 15) is 14.0 Å². The van der Waals surface area contributed by atoms with Gasteiger partial charge in [-0.3, -0.25) is 4.79 Å². The highest BCUT2D eigenvalue weighted by atomic mass is 35.5. The van der Waals surface area contributed by atoms with Gasteiger partial charge in [-0.2, -0.15) is 0 Å². The number of pyridine rings is 1. The fourth-order valence-electron chi connectivity index (χ4n) is 1.71. The number of halogens is 2. The van der Waals surface area contributed by atoms with E-state index in [1.807, 2.05) is 0 Å². The number of hydrogen-bond acceptors (Lipinski definition) is 4. The first-order valence-electron chi connectivity index (χ1n) is 5.39. The van der Waals surface area contributed by atoms with Crippen LogP contribution in [-0.4, -0.2) is 21.8 Å². The lowest BCUT2D eigenvalue weighted by Crippen LogP contribution is -2.14. The number of aromatic carboxylic acids is 1. The van der Waals surface area contributed by atoms with Crippen molar-refractivity contribution in [3.8, 4) is 0 Å². The summed E-state index contributed by atoms with van der Waals surface area (Å²) >= 11 is 5.60. The molecule has 5 nitrogen and oxygen atoms in total. The number of nitrogen functional groups attached to an aromatic ring is 1. The summed E-state index contributed by atoms with van der Waals surface area (Å²) in [6, 6.07) is 4.67. The number of benzene rings is 1. The van der Waals surface area contributed by atoms with Gasteiger partial charge in [0.25, 0.3) is 0 Å². The SMILES string of the molecule is Nc1nccc(C(=O)c2ccc(Cl)cc2F)c1C(=O)O. The van der Waals surface area contributed by atoms with Gasteiger partial charge in [-0.25, -0.2) is 14.2 Å². The van der Waals surface area contributed by atoms with E-state index in [4.69, 9.17) is 22.4 Å². The number of carboxylic acids is 1. The molecule has 0 aliphatic carbocycles. The first kappa shape index (κ1) is 14.0. The van der Waals surface area contributed by atoms with Crippen molar-refractivity contribution in [2.24, 2.45) is 0 Å². The molecule has 102 valence electrons. The number of aromatic nitrogens is 1. The summed E-state index contributed by atoms with van der Waals surface area (Å²) in [7, 11) is 0. The van der Waals surface area contributed by atoms with Crippen molar-refractivity contribution < 1.29 is 19.1 Å². The normalized spacial score (nSPS) is 10.3. The molecule has 0 radical (unpaired) electrons. The van der Waals surface area contributed by atoms with Gasteiger partial charge in [0.05, 0.1) is 5.56 Å². The molecule has 0 spiro atoms. The number of carbonyl (C=O) groups excluding carboxylic acids is 1. The smallest absolute Gasteiger partial charge is 0.340 e. The Morgan fingerprint density at radius 1 is 1.25 bits per heavy atom. The summed E-state index contributed by atoms with van der Waals surface area (Å²) in [6.07, 6.45) is 1.18. The maximum Gasteiger partial charge on any atom is 0.340 e.